The van der Waals surface area contributed by atoms with Crippen molar-refractivity contribution in [1.82, 2.24) is 0 Å². The molecule has 0 fully saturated rings. The molecule has 0 unspecified atom stereocenters. The van der Waals surface area contributed by atoms with Gasteiger partial charge >= 0.3 is 0 Å². The number of aryl methyl sites for hydroxylation is 1. The van der Waals surface area contributed by atoms with Crippen molar-refractivity contribution in [1.29, 1.82) is 0 Å². The standard InChI is InChI=1S/C23H17Cl4O3P/c1-2-7-14-8-3-4-13-19(14)31(30,22(28)20-15(24)9-5-10-16(20)25)23(29)21-17(26)11-6-12-18(21)27/h3-6,8-13H,2,7H2,1H3. The lowest BCUT2D eigenvalue weighted by molar-refractivity contribution is 0.104. The smallest absolute Gasteiger partial charge is 0.249 e. The van der Waals surface area contributed by atoms with Gasteiger partial charge < -0.3 is 4.57 Å². The molecule has 0 saturated heterocycles. The van der Waals surface area contributed by atoms with Gasteiger partial charge in [0.15, 0.2) is 0 Å². The lowest BCUT2D eigenvalue weighted by Gasteiger charge is -2.21. The molecule has 0 aliphatic heterocycles. The van der Waals surface area contributed by atoms with Crippen molar-refractivity contribution in [3.8, 4) is 0 Å². The molecule has 0 amide bonds. The van der Waals surface area contributed by atoms with Crippen LogP contribution in [0.15, 0.2) is 60.7 Å². The molecule has 0 aromatic heterocycles. The summed E-state index contributed by atoms with van der Waals surface area (Å²) in [5.41, 5.74) is -1.62. The first kappa shape index (κ1) is 24.0. The van der Waals surface area contributed by atoms with Crippen LogP contribution >= 0.6 is 53.5 Å². The summed E-state index contributed by atoms with van der Waals surface area (Å²) in [5.74, 6) is 0. The normalized spacial score (nSPS) is 11.4. The van der Waals surface area contributed by atoms with Gasteiger partial charge in [-0.2, -0.15) is 0 Å². The molecule has 0 bridgehead atoms. The number of rotatable bonds is 7. The highest BCUT2D eigenvalue weighted by molar-refractivity contribution is 8.01. The highest BCUT2D eigenvalue weighted by atomic mass is 35.5. The van der Waals surface area contributed by atoms with Crippen molar-refractivity contribution in [3.05, 3.63) is 97.4 Å². The summed E-state index contributed by atoms with van der Waals surface area (Å²) < 4.78 is 14.6. The Labute approximate surface area is 200 Å². The molecule has 0 saturated carbocycles. The van der Waals surface area contributed by atoms with Crippen LogP contribution in [0.5, 0.6) is 0 Å². The first-order valence-corrected chi connectivity index (χ1v) is 12.6. The van der Waals surface area contributed by atoms with Gasteiger partial charge in [-0.1, -0.05) is 96.1 Å². The molecule has 8 heteroatoms. The number of carbonyl (C=O) groups is 2. The monoisotopic (exact) mass is 512 g/mol. The van der Waals surface area contributed by atoms with Crippen molar-refractivity contribution >= 4 is 69.9 Å². The molecule has 3 aromatic rings. The summed E-state index contributed by atoms with van der Waals surface area (Å²) in [6.45, 7) is 1.95. The third-order valence-corrected chi connectivity index (χ3v) is 8.74. The number of hydrogen-bond acceptors (Lipinski definition) is 3. The third kappa shape index (κ3) is 4.49. The largest absolute Gasteiger partial charge is 0.302 e. The second-order valence-corrected chi connectivity index (χ2v) is 10.9. The third-order valence-electron chi connectivity index (χ3n) is 4.78. The Morgan fingerprint density at radius 1 is 0.710 bits per heavy atom. The molecule has 0 N–H and O–H groups in total. The van der Waals surface area contributed by atoms with E-state index in [0.29, 0.717) is 12.0 Å². The van der Waals surface area contributed by atoms with Crippen LogP contribution in [0.4, 0.5) is 0 Å². The van der Waals surface area contributed by atoms with Crippen molar-refractivity contribution in [2.24, 2.45) is 0 Å². The minimum atomic E-state index is -4.49. The Morgan fingerprint density at radius 2 is 1.13 bits per heavy atom. The topological polar surface area (TPSA) is 51.2 Å². The minimum Gasteiger partial charge on any atom is -0.302 e. The van der Waals surface area contributed by atoms with Gasteiger partial charge in [-0.05, 0) is 36.2 Å². The first-order valence-electron chi connectivity index (χ1n) is 9.39. The zero-order chi connectivity index (χ0) is 22.8. The van der Waals surface area contributed by atoms with Crippen LogP contribution in [0, 0.1) is 0 Å². The van der Waals surface area contributed by atoms with E-state index < -0.39 is 18.2 Å². The van der Waals surface area contributed by atoms with E-state index in [-0.39, 0.29) is 36.5 Å². The summed E-state index contributed by atoms with van der Waals surface area (Å²) >= 11 is 25.0. The fourth-order valence-corrected chi connectivity index (χ4v) is 7.35. The Bertz CT molecular complexity index is 1120. The second kappa shape index (κ2) is 9.90. The molecule has 31 heavy (non-hydrogen) atoms. The van der Waals surface area contributed by atoms with E-state index in [1.807, 2.05) is 6.92 Å². The Balaban J connectivity index is 2.36. The van der Waals surface area contributed by atoms with E-state index in [1.165, 1.54) is 30.3 Å². The average Bonchev–Trinajstić information content (AvgIpc) is 2.73. The van der Waals surface area contributed by atoms with Gasteiger partial charge in [0.1, 0.15) is 0 Å². The SMILES string of the molecule is CCCc1ccccc1P(=O)(C(=O)c1c(Cl)cccc1Cl)C(=O)c1c(Cl)cccc1Cl. The van der Waals surface area contributed by atoms with Gasteiger partial charge in [-0.15, -0.1) is 0 Å². The van der Waals surface area contributed by atoms with Crippen molar-refractivity contribution in [2.45, 2.75) is 19.8 Å². The van der Waals surface area contributed by atoms with Crippen LogP contribution in [0.1, 0.15) is 39.6 Å². The lowest BCUT2D eigenvalue weighted by atomic mass is 10.1. The van der Waals surface area contributed by atoms with Gasteiger partial charge in [0.25, 0.3) is 0 Å². The molecule has 3 rings (SSSR count). The molecule has 3 aromatic carbocycles. The van der Waals surface area contributed by atoms with E-state index in [4.69, 9.17) is 46.4 Å². The van der Waals surface area contributed by atoms with Crippen molar-refractivity contribution < 1.29 is 14.2 Å². The van der Waals surface area contributed by atoms with E-state index >= 15 is 0 Å². The molecular weight excluding hydrogens is 497 g/mol. The molecule has 0 radical (unpaired) electrons. The zero-order valence-corrected chi connectivity index (χ0v) is 20.3. The summed E-state index contributed by atoms with van der Waals surface area (Å²) in [6, 6.07) is 15.6. The van der Waals surface area contributed by atoms with Crippen molar-refractivity contribution in [2.75, 3.05) is 0 Å². The summed E-state index contributed by atoms with van der Waals surface area (Å²) in [4.78, 5) is 27.5. The number of hydrogen-bond donors (Lipinski definition) is 0. The van der Waals surface area contributed by atoms with Crippen LogP contribution < -0.4 is 5.30 Å². The minimum absolute atomic E-state index is 0.00348. The van der Waals surface area contributed by atoms with E-state index in [2.05, 4.69) is 0 Å². The molecular formula is C23H17Cl4O3P. The maximum absolute atomic E-state index is 14.6. The maximum Gasteiger partial charge on any atom is 0.249 e. The zero-order valence-electron chi connectivity index (χ0n) is 16.4. The van der Waals surface area contributed by atoms with Crippen LogP contribution in [-0.2, 0) is 11.0 Å². The van der Waals surface area contributed by atoms with Gasteiger partial charge in [0, 0.05) is 5.30 Å². The average molecular weight is 514 g/mol. The highest BCUT2D eigenvalue weighted by Gasteiger charge is 2.46. The second-order valence-electron chi connectivity index (χ2n) is 6.79. The Hall–Kier alpha value is -1.61. The molecule has 0 heterocycles. The Kier molecular flexibility index (Phi) is 7.68. The van der Waals surface area contributed by atoms with Gasteiger partial charge in [0.05, 0.1) is 31.2 Å². The van der Waals surface area contributed by atoms with Gasteiger partial charge in [-0.25, -0.2) is 0 Å². The van der Waals surface area contributed by atoms with Gasteiger partial charge in [-0.3, -0.25) is 9.59 Å². The quantitative estimate of drug-likeness (QED) is 0.301. The van der Waals surface area contributed by atoms with Crippen LogP contribution in [0.3, 0.4) is 0 Å². The van der Waals surface area contributed by atoms with Crippen molar-refractivity contribution in [3.63, 3.8) is 0 Å². The fourth-order valence-electron chi connectivity index (χ4n) is 3.33. The fraction of sp³-hybridized carbons (Fsp3) is 0.130. The summed E-state index contributed by atoms with van der Waals surface area (Å²) in [7, 11) is -4.49. The van der Waals surface area contributed by atoms with Crippen LogP contribution in [0.25, 0.3) is 0 Å². The predicted molar refractivity (Wildman–Crippen MR) is 129 cm³/mol. The number of halogens is 4. The Morgan fingerprint density at radius 3 is 1.55 bits per heavy atom. The van der Waals surface area contributed by atoms with E-state index in [9.17, 15) is 14.2 Å². The van der Waals surface area contributed by atoms with Gasteiger partial charge in [0.2, 0.25) is 18.2 Å². The predicted octanol–water partition coefficient (Wildman–Crippen LogP) is 7.92. The van der Waals surface area contributed by atoms with E-state index in [1.54, 1.807) is 30.3 Å². The molecule has 3 nitrogen and oxygen atoms in total. The number of carbonyl (C=O) groups excluding carboxylic acids is 2. The molecule has 0 aliphatic carbocycles. The lowest BCUT2D eigenvalue weighted by Crippen LogP contribution is -2.24. The molecule has 0 atom stereocenters. The van der Waals surface area contributed by atoms with E-state index in [0.717, 1.165) is 6.42 Å². The number of benzene rings is 3. The van der Waals surface area contributed by atoms with Crippen LogP contribution in [0.2, 0.25) is 20.1 Å². The molecule has 0 aliphatic rings. The first-order chi connectivity index (χ1) is 14.7. The maximum atomic E-state index is 14.6. The van der Waals surface area contributed by atoms with Crippen LogP contribution in [-0.4, -0.2) is 11.0 Å². The molecule has 0 spiro atoms. The summed E-state index contributed by atoms with van der Waals surface area (Å²) in [6.07, 6.45) is 1.24. The summed E-state index contributed by atoms with van der Waals surface area (Å²) in [5, 5.41) is 0.152. The highest BCUT2D eigenvalue weighted by Crippen LogP contribution is 2.55. The molecule has 160 valence electrons.